The summed E-state index contributed by atoms with van der Waals surface area (Å²) in [6.45, 7) is 7.63. The predicted molar refractivity (Wildman–Crippen MR) is 80.6 cm³/mol. The lowest BCUT2D eigenvalue weighted by Gasteiger charge is -2.26. The second-order valence-electron chi connectivity index (χ2n) is 5.68. The molecule has 1 aliphatic rings. The highest BCUT2D eigenvalue weighted by atomic mass is 32.1. The lowest BCUT2D eigenvalue weighted by molar-refractivity contribution is -1.01. The van der Waals surface area contributed by atoms with Gasteiger partial charge in [0.15, 0.2) is 5.82 Å². The number of likely N-dealkylation sites (N-methyl/N-ethyl adjacent to an activating group) is 1. The number of nitrogens with zero attached hydrogens (tertiary/aromatic N) is 1. The fourth-order valence-corrected chi connectivity index (χ4v) is 3.71. The van der Waals surface area contributed by atoms with Gasteiger partial charge in [0, 0.05) is 4.88 Å². The zero-order valence-electron chi connectivity index (χ0n) is 12.1. The van der Waals surface area contributed by atoms with Gasteiger partial charge < -0.3 is 14.8 Å². The quantitative estimate of drug-likeness (QED) is 0.643. The third-order valence-corrected chi connectivity index (χ3v) is 5.25. The molecule has 1 saturated heterocycles. The lowest BCUT2D eigenvalue weighted by Crippen LogP contribution is -3.26. The minimum absolute atomic E-state index is 0.0140. The molecule has 0 amide bonds. The van der Waals surface area contributed by atoms with Gasteiger partial charge >= 0.3 is 0 Å². The number of quaternary nitrogens is 2. The van der Waals surface area contributed by atoms with Crippen LogP contribution >= 0.6 is 11.3 Å². The summed E-state index contributed by atoms with van der Waals surface area (Å²) in [4.78, 5) is 25.0. The van der Waals surface area contributed by atoms with Crippen LogP contribution in [0.1, 0.15) is 17.6 Å². The van der Waals surface area contributed by atoms with Crippen LogP contribution in [0.15, 0.2) is 10.9 Å². The maximum atomic E-state index is 12.1. The van der Waals surface area contributed by atoms with Crippen LogP contribution in [0, 0.1) is 0 Å². The Morgan fingerprint density at radius 2 is 2.10 bits per heavy atom. The summed E-state index contributed by atoms with van der Waals surface area (Å²) in [6, 6.07) is 1.97. The first-order valence-corrected chi connectivity index (χ1v) is 8.14. The molecular formula is C14H22N4OS+2. The summed E-state index contributed by atoms with van der Waals surface area (Å²) in [5.74, 6) is 0.835. The molecule has 0 spiro atoms. The Morgan fingerprint density at radius 1 is 1.35 bits per heavy atom. The van der Waals surface area contributed by atoms with Gasteiger partial charge in [0.1, 0.15) is 37.6 Å². The normalized spacial score (nSPS) is 23.3. The van der Waals surface area contributed by atoms with Crippen molar-refractivity contribution < 1.29 is 9.80 Å². The Hall–Kier alpha value is -1.24. The summed E-state index contributed by atoms with van der Waals surface area (Å²) in [7, 11) is 2.24. The molecule has 2 aromatic rings. The van der Waals surface area contributed by atoms with Crippen LogP contribution in [0.25, 0.3) is 10.2 Å². The molecule has 0 aromatic carbocycles. The minimum atomic E-state index is 0.0140. The van der Waals surface area contributed by atoms with E-state index in [2.05, 4.69) is 23.9 Å². The number of hydrogen-bond acceptors (Lipinski definition) is 3. The number of piperazine rings is 1. The van der Waals surface area contributed by atoms with Crippen LogP contribution in [-0.4, -0.2) is 43.2 Å². The van der Waals surface area contributed by atoms with Crippen molar-refractivity contribution in [3.63, 3.8) is 0 Å². The maximum Gasteiger partial charge on any atom is 0.259 e. The Bertz CT molecular complexity index is 655. The minimum Gasteiger partial charge on any atom is -0.328 e. The molecule has 0 unspecified atom stereocenters. The van der Waals surface area contributed by atoms with Crippen molar-refractivity contribution in [3.05, 3.63) is 27.1 Å². The van der Waals surface area contributed by atoms with E-state index in [0.29, 0.717) is 0 Å². The number of H-pyrrole nitrogens is 1. The summed E-state index contributed by atoms with van der Waals surface area (Å²) in [5, 5.41) is 0.744. The molecular weight excluding hydrogens is 272 g/mol. The highest BCUT2D eigenvalue weighted by molar-refractivity contribution is 7.18. The predicted octanol–water partition coefficient (Wildman–Crippen LogP) is -1.54. The molecule has 5 nitrogen and oxygen atoms in total. The molecule has 2 aromatic heterocycles. The topological polar surface area (TPSA) is 54.6 Å². The van der Waals surface area contributed by atoms with Crippen molar-refractivity contribution in [2.24, 2.45) is 0 Å². The van der Waals surface area contributed by atoms with Gasteiger partial charge in [0.05, 0.1) is 12.4 Å². The molecule has 0 radical (unpaired) electrons. The molecule has 0 aliphatic carbocycles. The van der Waals surface area contributed by atoms with E-state index < -0.39 is 0 Å². The van der Waals surface area contributed by atoms with Crippen molar-refractivity contribution in [3.8, 4) is 0 Å². The van der Waals surface area contributed by atoms with E-state index >= 15 is 0 Å². The number of aromatic nitrogens is 2. The number of nitrogens with one attached hydrogen (secondary N) is 3. The molecule has 1 aliphatic heterocycles. The van der Waals surface area contributed by atoms with Crippen LogP contribution in [-0.2, 0) is 13.0 Å². The van der Waals surface area contributed by atoms with Crippen molar-refractivity contribution in [2.75, 3.05) is 33.2 Å². The Morgan fingerprint density at radius 3 is 2.80 bits per heavy atom. The average Bonchev–Trinajstić information content (AvgIpc) is 2.85. The first kappa shape index (κ1) is 13.7. The highest BCUT2D eigenvalue weighted by Crippen LogP contribution is 2.21. The molecule has 0 bridgehead atoms. The maximum absolute atomic E-state index is 12.1. The Kier molecular flexibility index (Phi) is 3.87. The van der Waals surface area contributed by atoms with Gasteiger partial charge in [-0.2, -0.15) is 0 Å². The van der Waals surface area contributed by atoms with E-state index in [-0.39, 0.29) is 5.56 Å². The van der Waals surface area contributed by atoms with Crippen molar-refractivity contribution in [2.45, 2.75) is 19.9 Å². The van der Waals surface area contributed by atoms with Crippen LogP contribution in [0.3, 0.4) is 0 Å². The number of aromatic amines is 1. The molecule has 1 fully saturated rings. The van der Waals surface area contributed by atoms with Crippen LogP contribution in [0.4, 0.5) is 0 Å². The van der Waals surface area contributed by atoms with Gasteiger partial charge in [-0.25, -0.2) is 4.98 Å². The number of thiophene rings is 1. The molecule has 3 N–H and O–H groups in total. The van der Waals surface area contributed by atoms with Crippen molar-refractivity contribution >= 4 is 21.6 Å². The van der Waals surface area contributed by atoms with E-state index in [1.54, 1.807) is 16.2 Å². The molecule has 20 heavy (non-hydrogen) atoms. The first-order valence-electron chi connectivity index (χ1n) is 7.32. The monoisotopic (exact) mass is 294 g/mol. The summed E-state index contributed by atoms with van der Waals surface area (Å²) in [5.41, 5.74) is 0.0140. The standard InChI is InChI=1S/C14H20N4OS/c1-3-10-8-11-13(19)15-12(16-14(11)20-10)9-18-6-4-17(2)5-7-18/h8H,3-7,9H2,1-2H3,(H,15,16,19)/p+2. The highest BCUT2D eigenvalue weighted by Gasteiger charge is 2.21. The number of rotatable bonds is 3. The SMILES string of the molecule is CCc1cc2c(=O)[nH]c(C[NH+]3CC[NH+](C)CC3)nc2s1. The van der Waals surface area contributed by atoms with Crippen LogP contribution in [0.5, 0.6) is 0 Å². The second kappa shape index (κ2) is 5.63. The third-order valence-electron chi connectivity index (χ3n) is 4.08. The molecule has 6 heteroatoms. The summed E-state index contributed by atoms with van der Waals surface area (Å²) >= 11 is 1.64. The van der Waals surface area contributed by atoms with Crippen LogP contribution in [0.2, 0.25) is 0 Å². The molecule has 0 atom stereocenters. The fraction of sp³-hybridized carbons (Fsp3) is 0.571. The molecule has 3 heterocycles. The van der Waals surface area contributed by atoms with Gasteiger partial charge in [-0.3, -0.25) is 4.79 Å². The van der Waals surface area contributed by atoms with E-state index in [0.717, 1.165) is 42.1 Å². The van der Waals surface area contributed by atoms with E-state index in [1.165, 1.54) is 22.9 Å². The van der Waals surface area contributed by atoms with E-state index in [9.17, 15) is 4.79 Å². The van der Waals surface area contributed by atoms with Crippen molar-refractivity contribution in [1.29, 1.82) is 0 Å². The fourth-order valence-electron chi connectivity index (χ4n) is 2.73. The molecule has 3 rings (SSSR count). The van der Waals surface area contributed by atoms with Gasteiger partial charge in [0.25, 0.3) is 5.56 Å². The summed E-state index contributed by atoms with van der Waals surface area (Å²) < 4.78 is 0. The third kappa shape index (κ3) is 2.77. The zero-order chi connectivity index (χ0) is 14.1. The van der Waals surface area contributed by atoms with Gasteiger partial charge in [-0.05, 0) is 12.5 Å². The zero-order valence-corrected chi connectivity index (χ0v) is 12.9. The number of hydrogen-bond donors (Lipinski definition) is 3. The Labute approximate surface area is 122 Å². The van der Waals surface area contributed by atoms with Gasteiger partial charge in [-0.1, -0.05) is 6.92 Å². The first-order chi connectivity index (χ1) is 9.65. The second-order valence-corrected chi connectivity index (χ2v) is 6.80. The van der Waals surface area contributed by atoms with Crippen molar-refractivity contribution in [1.82, 2.24) is 9.97 Å². The van der Waals surface area contributed by atoms with E-state index in [4.69, 9.17) is 0 Å². The average molecular weight is 294 g/mol. The van der Waals surface area contributed by atoms with E-state index in [1.807, 2.05) is 6.07 Å². The summed E-state index contributed by atoms with van der Waals surface area (Å²) in [6.07, 6.45) is 0.961. The van der Waals surface area contributed by atoms with Gasteiger partial charge in [0.2, 0.25) is 0 Å². The largest absolute Gasteiger partial charge is 0.328 e. The number of aryl methyl sites for hydroxylation is 1. The van der Waals surface area contributed by atoms with Gasteiger partial charge in [-0.15, -0.1) is 11.3 Å². The lowest BCUT2D eigenvalue weighted by atomic mass is 10.3. The smallest absolute Gasteiger partial charge is 0.259 e. The molecule has 108 valence electrons. The Balaban J connectivity index is 1.83. The van der Waals surface area contributed by atoms with Crippen LogP contribution < -0.4 is 15.4 Å². The molecule has 0 saturated carbocycles. The number of fused-ring (bicyclic) bond motifs is 1.